The van der Waals surface area contributed by atoms with E-state index in [4.69, 9.17) is 4.74 Å². The van der Waals surface area contributed by atoms with Crippen LogP contribution < -0.4 is 5.32 Å². The minimum Gasteiger partial charge on any atom is -0.469 e. The Bertz CT molecular complexity index is 651. The number of H-pyrrole nitrogens is 1. The predicted molar refractivity (Wildman–Crippen MR) is 77.2 cm³/mol. The summed E-state index contributed by atoms with van der Waals surface area (Å²) in [6.07, 6.45) is 0.252. The molecule has 1 heterocycles. The summed E-state index contributed by atoms with van der Waals surface area (Å²) in [4.78, 5) is 30.0. The van der Waals surface area contributed by atoms with Gasteiger partial charge >= 0.3 is 11.9 Å². The van der Waals surface area contributed by atoms with Crippen molar-refractivity contribution in [3.05, 3.63) is 23.8 Å². The monoisotopic (exact) mass is 291 g/mol. The number of esters is 2. The molecule has 0 aliphatic heterocycles. The van der Waals surface area contributed by atoms with E-state index in [0.29, 0.717) is 24.7 Å². The number of aromatic amines is 1. The minimum absolute atomic E-state index is 0.252. The number of carbonyl (C=O) groups excluding carboxylic acids is 2. The Morgan fingerprint density at radius 2 is 2.19 bits per heavy atom. The van der Waals surface area contributed by atoms with Gasteiger partial charge in [0.15, 0.2) is 0 Å². The van der Waals surface area contributed by atoms with Gasteiger partial charge in [0.05, 0.1) is 36.7 Å². The highest BCUT2D eigenvalue weighted by molar-refractivity contribution is 5.94. The third-order valence-corrected chi connectivity index (χ3v) is 2.84. The smallest absolute Gasteiger partial charge is 0.338 e. The molecule has 0 aliphatic carbocycles. The maximum atomic E-state index is 11.7. The molecule has 0 spiro atoms. The van der Waals surface area contributed by atoms with Crippen molar-refractivity contribution in [3.63, 3.8) is 0 Å². The van der Waals surface area contributed by atoms with Crippen molar-refractivity contribution in [1.82, 2.24) is 9.97 Å². The normalized spacial score (nSPS) is 10.4. The lowest BCUT2D eigenvalue weighted by atomic mass is 10.2. The van der Waals surface area contributed by atoms with Crippen LogP contribution in [-0.4, -0.2) is 42.2 Å². The van der Waals surface area contributed by atoms with Gasteiger partial charge in [-0.3, -0.25) is 4.79 Å². The van der Waals surface area contributed by atoms with Crippen LogP contribution in [0.1, 0.15) is 23.7 Å². The molecular weight excluding hydrogens is 274 g/mol. The lowest BCUT2D eigenvalue weighted by Crippen LogP contribution is -2.10. The molecule has 2 N–H and O–H groups in total. The number of ether oxygens (including phenoxy) is 2. The Morgan fingerprint density at radius 3 is 2.90 bits per heavy atom. The number of rotatable bonds is 6. The molecule has 2 aromatic rings. The van der Waals surface area contributed by atoms with Crippen LogP contribution in [0, 0.1) is 0 Å². The molecule has 1 aromatic carbocycles. The Morgan fingerprint density at radius 1 is 1.38 bits per heavy atom. The molecular formula is C14H17N3O4. The van der Waals surface area contributed by atoms with Crippen molar-refractivity contribution in [2.45, 2.75) is 13.3 Å². The fourth-order valence-corrected chi connectivity index (χ4v) is 1.82. The number of fused-ring (bicyclic) bond motifs is 1. The van der Waals surface area contributed by atoms with E-state index in [0.717, 1.165) is 11.0 Å². The van der Waals surface area contributed by atoms with Gasteiger partial charge in [-0.05, 0) is 25.1 Å². The lowest BCUT2D eigenvalue weighted by molar-refractivity contribution is -0.140. The van der Waals surface area contributed by atoms with Crippen LogP contribution in [0.25, 0.3) is 11.0 Å². The summed E-state index contributed by atoms with van der Waals surface area (Å²) in [6, 6.07) is 5.09. The van der Waals surface area contributed by atoms with Gasteiger partial charge in [-0.15, -0.1) is 0 Å². The first-order valence-electron chi connectivity index (χ1n) is 6.61. The Hall–Kier alpha value is -2.57. The number of hydrogen-bond donors (Lipinski definition) is 2. The summed E-state index contributed by atoms with van der Waals surface area (Å²) >= 11 is 0. The quantitative estimate of drug-likeness (QED) is 0.787. The highest BCUT2D eigenvalue weighted by atomic mass is 16.5. The summed E-state index contributed by atoms with van der Waals surface area (Å²) in [5.41, 5.74) is 1.92. The molecule has 7 nitrogen and oxygen atoms in total. The number of anilines is 1. The standard InChI is InChI=1S/C14H17N3O4/c1-3-21-13(19)9-4-5-10-11(8-9)17-14(16-10)15-7-6-12(18)20-2/h4-5,8H,3,6-7H2,1-2H3,(H2,15,16,17). The van der Waals surface area contributed by atoms with Crippen LogP contribution in [0.3, 0.4) is 0 Å². The second-order valence-electron chi connectivity index (χ2n) is 4.29. The van der Waals surface area contributed by atoms with Gasteiger partial charge in [0.2, 0.25) is 5.95 Å². The summed E-state index contributed by atoms with van der Waals surface area (Å²) in [7, 11) is 1.35. The summed E-state index contributed by atoms with van der Waals surface area (Å²) in [6.45, 7) is 2.51. The number of nitrogens with one attached hydrogen (secondary N) is 2. The van der Waals surface area contributed by atoms with Gasteiger partial charge < -0.3 is 19.8 Å². The molecule has 112 valence electrons. The van der Waals surface area contributed by atoms with Crippen LogP contribution in [-0.2, 0) is 14.3 Å². The second-order valence-corrected chi connectivity index (χ2v) is 4.29. The van der Waals surface area contributed by atoms with Crippen LogP contribution >= 0.6 is 0 Å². The summed E-state index contributed by atoms with van der Waals surface area (Å²) in [5.74, 6) is -0.118. The van der Waals surface area contributed by atoms with E-state index in [1.807, 2.05) is 0 Å². The number of carbonyl (C=O) groups is 2. The van der Waals surface area contributed by atoms with Gasteiger partial charge in [-0.2, -0.15) is 0 Å². The third-order valence-electron chi connectivity index (χ3n) is 2.84. The first-order valence-corrected chi connectivity index (χ1v) is 6.61. The average molecular weight is 291 g/mol. The maximum Gasteiger partial charge on any atom is 0.338 e. The summed E-state index contributed by atoms with van der Waals surface area (Å²) in [5, 5.41) is 2.99. The fraction of sp³-hybridized carbons (Fsp3) is 0.357. The average Bonchev–Trinajstić information content (AvgIpc) is 2.88. The van der Waals surface area contributed by atoms with E-state index in [9.17, 15) is 9.59 Å². The fourth-order valence-electron chi connectivity index (χ4n) is 1.82. The number of hydrogen-bond acceptors (Lipinski definition) is 6. The van der Waals surface area contributed by atoms with Crippen LogP contribution in [0.2, 0.25) is 0 Å². The first-order chi connectivity index (χ1) is 10.1. The van der Waals surface area contributed by atoms with Crippen molar-refractivity contribution in [2.75, 3.05) is 25.6 Å². The number of aromatic nitrogens is 2. The molecule has 0 bridgehead atoms. The molecule has 0 aliphatic rings. The molecule has 0 unspecified atom stereocenters. The van der Waals surface area contributed by atoms with E-state index in [-0.39, 0.29) is 18.4 Å². The van der Waals surface area contributed by atoms with E-state index in [1.165, 1.54) is 7.11 Å². The molecule has 0 fully saturated rings. The highest BCUT2D eigenvalue weighted by Crippen LogP contribution is 2.16. The maximum absolute atomic E-state index is 11.7. The van der Waals surface area contributed by atoms with Crippen LogP contribution in [0.15, 0.2) is 18.2 Å². The number of imidazole rings is 1. The third kappa shape index (κ3) is 3.71. The first kappa shape index (κ1) is 14.8. The number of nitrogens with zero attached hydrogens (tertiary/aromatic N) is 1. The largest absolute Gasteiger partial charge is 0.469 e. The Balaban J connectivity index is 2.07. The van der Waals surface area contributed by atoms with Crippen molar-refractivity contribution in [2.24, 2.45) is 0 Å². The lowest BCUT2D eigenvalue weighted by Gasteiger charge is -2.01. The van der Waals surface area contributed by atoms with Crippen LogP contribution in [0.4, 0.5) is 5.95 Å². The van der Waals surface area contributed by atoms with Gasteiger partial charge in [0.1, 0.15) is 0 Å². The molecule has 21 heavy (non-hydrogen) atoms. The number of methoxy groups -OCH3 is 1. The zero-order valence-corrected chi connectivity index (χ0v) is 11.9. The predicted octanol–water partition coefficient (Wildman–Crippen LogP) is 1.71. The molecule has 2 rings (SSSR count). The van der Waals surface area contributed by atoms with Crippen molar-refractivity contribution in [1.29, 1.82) is 0 Å². The van der Waals surface area contributed by atoms with Crippen LogP contribution in [0.5, 0.6) is 0 Å². The molecule has 0 atom stereocenters. The SMILES string of the molecule is CCOC(=O)c1ccc2nc(NCCC(=O)OC)[nH]c2c1. The molecule has 1 aromatic heterocycles. The zero-order chi connectivity index (χ0) is 15.2. The van der Waals surface area contributed by atoms with E-state index in [1.54, 1.807) is 25.1 Å². The summed E-state index contributed by atoms with van der Waals surface area (Å²) < 4.78 is 9.50. The van der Waals surface area contributed by atoms with E-state index >= 15 is 0 Å². The van der Waals surface area contributed by atoms with Crippen molar-refractivity contribution in [3.8, 4) is 0 Å². The van der Waals surface area contributed by atoms with Crippen molar-refractivity contribution < 1.29 is 19.1 Å². The van der Waals surface area contributed by atoms with Gasteiger partial charge in [0.25, 0.3) is 0 Å². The highest BCUT2D eigenvalue weighted by Gasteiger charge is 2.09. The number of benzene rings is 1. The molecule has 0 saturated carbocycles. The Labute approximate surface area is 121 Å². The molecule has 7 heteroatoms. The second kappa shape index (κ2) is 6.74. The zero-order valence-electron chi connectivity index (χ0n) is 11.9. The van der Waals surface area contributed by atoms with Crippen molar-refractivity contribution >= 4 is 28.9 Å². The molecule has 0 radical (unpaired) electrons. The van der Waals surface area contributed by atoms with E-state index in [2.05, 4.69) is 20.0 Å². The molecule has 0 amide bonds. The Kier molecular flexibility index (Phi) is 4.76. The van der Waals surface area contributed by atoms with Gasteiger partial charge in [-0.25, -0.2) is 9.78 Å². The van der Waals surface area contributed by atoms with Gasteiger partial charge in [0, 0.05) is 6.54 Å². The topological polar surface area (TPSA) is 93.3 Å². The molecule has 0 saturated heterocycles. The van der Waals surface area contributed by atoms with E-state index < -0.39 is 0 Å². The van der Waals surface area contributed by atoms with Gasteiger partial charge in [-0.1, -0.05) is 0 Å². The minimum atomic E-state index is -0.366.